The van der Waals surface area contributed by atoms with Crippen LogP contribution in [0, 0.1) is 0 Å². The Labute approximate surface area is 116 Å². The average Bonchev–Trinajstić information content (AvgIpc) is 2.79. The van der Waals surface area contributed by atoms with E-state index in [1.54, 1.807) is 13.0 Å². The summed E-state index contributed by atoms with van der Waals surface area (Å²) in [5.41, 5.74) is -0.686. The lowest BCUT2D eigenvalue weighted by atomic mass is 10.1. The first-order valence-corrected chi connectivity index (χ1v) is 5.82. The Morgan fingerprint density at radius 2 is 1.90 bits per heavy atom. The van der Waals surface area contributed by atoms with Crippen LogP contribution < -0.4 is 0 Å². The molecule has 0 saturated carbocycles. The second kappa shape index (κ2) is 6.74. The SMILES string of the molecule is C=C(C)C(=O)OCC(=O)OCC(=O)OC1(C)C=COC1. The molecule has 0 fully saturated rings. The lowest BCUT2D eigenvalue weighted by molar-refractivity contribution is -0.169. The quantitative estimate of drug-likeness (QED) is 0.398. The summed E-state index contributed by atoms with van der Waals surface area (Å²) in [5, 5.41) is 0. The maximum atomic E-state index is 11.4. The average molecular weight is 284 g/mol. The van der Waals surface area contributed by atoms with Gasteiger partial charge in [0.05, 0.1) is 6.26 Å². The zero-order chi connectivity index (χ0) is 15.2. The van der Waals surface area contributed by atoms with Crippen molar-refractivity contribution in [1.82, 2.24) is 0 Å². The molecule has 1 atom stereocenters. The minimum Gasteiger partial charge on any atom is -0.497 e. The molecular weight excluding hydrogens is 268 g/mol. The fraction of sp³-hybridized carbons (Fsp3) is 0.462. The highest BCUT2D eigenvalue weighted by Gasteiger charge is 2.30. The third-order valence-electron chi connectivity index (χ3n) is 2.25. The summed E-state index contributed by atoms with van der Waals surface area (Å²) in [6, 6.07) is 0. The van der Waals surface area contributed by atoms with Crippen molar-refractivity contribution in [3.05, 3.63) is 24.5 Å². The first-order chi connectivity index (χ1) is 9.32. The third kappa shape index (κ3) is 5.13. The van der Waals surface area contributed by atoms with E-state index in [1.807, 2.05) is 0 Å². The summed E-state index contributed by atoms with van der Waals surface area (Å²) >= 11 is 0. The van der Waals surface area contributed by atoms with E-state index in [1.165, 1.54) is 13.2 Å². The Hall–Kier alpha value is -2.31. The molecule has 0 bridgehead atoms. The van der Waals surface area contributed by atoms with Gasteiger partial charge in [-0.3, -0.25) is 0 Å². The molecule has 1 unspecified atom stereocenters. The zero-order valence-electron chi connectivity index (χ0n) is 11.3. The molecule has 0 aromatic heterocycles. The van der Waals surface area contributed by atoms with Gasteiger partial charge in [-0.2, -0.15) is 0 Å². The summed E-state index contributed by atoms with van der Waals surface area (Å²) in [4.78, 5) is 33.7. The van der Waals surface area contributed by atoms with Crippen LogP contribution in [0.25, 0.3) is 0 Å². The molecule has 110 valence electrons. The first kappa shape index (κ1) is 15.7. The molecule has 20 heavy (non-hydrogen) atoms. The minimum atomic E-state index is -0.851. The standard InChI is InChI=1S/C13H16O7/c1-9(2)12(16)19-6-10(14)18-7-11(15)20-13(3)4-5-17-8-13/h4-5H,1,6-8H2,2-3H3. The first-order valence-electron chi connectivity index (χ1n) is 5.82. The smallest absolute Gasteiger partial charge is 0.345 e. The van der Waals surface area contributed by atoms with Crippen LogP contribution >= 0.6 is 0 Å². The highest BCUT2D eigenvalue weighted by molar-refractivity contribution is 5.88. The predicted molar refractivity (Wildman–Crippen MR) is 66.3 cm³/mol. The van der Waals surface area contributed by atoms with Crippen molar-refractivity contribution < 1.29 is 33.3 Å². The topological polar surface area (TPSA) is 88.1 Å². The van der Waals surface area contributed by atoms with Gasteiger partial charge in [0.1, 0.15) is 6.61 Å². The summed E-state index contributed by atoms with van der Waals surface area (Å²) in [6.07, 6.45) is 3.01. The van der Waals surface area contributed by atoms with E-state index in [0.29, 0.717) is 0 Å². The minimum absolute atomic E-state index is 0.165. The molecule has 1 heterocycles. The fourth-order valence-corrected chi connectivity index (χ4v) is 1.24. The van der Waals surface area contributed by atoms with Crippen molar-refractivity contribution in [1.29, 1.82) is 0 Å². The Bertz CT molecular complexity index is 452. The molecule has 7 nitrogen and oxygen atoms in total. The van der Waals surface area contributed by atoms with Crippen LogP contribution in [0.15, 0.2) is 24.5 Å². The van der Waals surface area contributed by atoms with Crippen LogP contribution in [0.5, 0.6) is 0 Å². The summed E-state index contributed by atoms with van der Waals surface area (Å²) in [5.74, 6) is -2.27. The number of hydrogen-bond acceptors (Lipinski definition) is 7. The van der Waals surface area contributed by atoms with Crippen molar-refractivity contribution in [3.63, 3.8) is 0 Å². The highest BCUT2D eigenvalue weighted by atomic mass is 16.6. The molecule has 0 radical (unpaired) electrons. The largest absolute Gasteiger partial charge is 0.497 e. The Kier molecular flexibility index (Phi) is 5.31. The van der Waals surface area contributed by atoms with Crippen LogP contribution in [0.1, 0.15) is 13.8 Å². The second-order valence-corrected chi connectivity index (χ2v) is 4.42. The van der Waals surface area contributed by atoms with Crippen molar-refractivity contribution in [2.45, 2.75) is 19.4 Å². The van der Waals surface area contributed by atoms with Crippen LogP contribution in [0.3, 0.4) is 0 Å². The number of ether oxygens (including phenoxy) is 4. The number of carbonyl (C=O) groups is 3. The molecule has 0 saturated heterocycles. The van der Waals surface area contributed by atoms with Gasteiger partial charge in [-0.1, -0.05) is 6.58 Å². The second-order valence-electron chi connectivity index (χ2n) is 4.42. The van der Waals surface area contributed by atoms with Crippen molar-refractivity contribution in [2.24, 2.45) is 0 Å². The van der Waals surface area contributed by atoms with Gasteiger partial charge in [0, 0.05) is 5.57 Å². The monoisotopic (exact) mass is 284 g/mol. The number of esters is 3. The van der Waals surface area contributed by atoms with Gasteiger partial charge in [0.2, 0.25) is 0 Å². The van der Waals surface area contributed by atoms with Gasteiger partial charge in [-0.25, -0.2) is 14.4 Å². The lowest BCUT2D eigenvalue weighted by Gasteiger charge is -2.20. The molecular formula is C13H16O7. The van der Waals surface area contributed by atoms with Gasteiger partial charge in [-0.05, 0) is 19.9 Å². The van der Waals surface area contributed by atoms with Gasteiger partial charge < -0.3 is 18.9 Å². The van der Waals surface area contributed by atoms with E-state index >= 15 is 0 Å². The molecule has 0 N–H and O–H groups in total. The van der Waals surface area contributed by atoms with Gasteiger partial charge in [-0.15, -0.1) is 0 Å². The fourth-order valence-electron chi connectivity index (χ4n) is 1.24. The third-order valence-corrected chi connectivity index (χ3v) is 2.25. The highest BCUT2D eigenvalue weighted by Crippen LogP contribution is 2.18. The van der Waals surface area contributed by atoms with Gasteiger partial charge >= 0.3 is 17.9 Å². The number of carbonyl (C=O) groups excluding carboxylic acids is 3. The Balaban J connectivity index is 2.23. The van der Waals surface area contributed by atoms with E-state index in [4.69, 9.17) is 9.47 Å². The molecule has 0 amide bonds. The molecule has 1 aliphatic heterocycles. The van der Waals surface area contributed by atoms with E-state index in [9.17, 15) is 14.4 Å². The van der Waals surface area contributed by atoms with Crippen LogP contribution in [-0.2, 0) is 33.3 Å². The molecule has 0 aromatic rings. The van der Waals surface area contributed by atoms with Crippen LogP contribution in [0.2, 0.25) is 0 Å². The Morgan fingerprint density at radius 1 is 1.25 bits per heavy atom. The van der Waals surface area contributed by atoms with Crippen molar-refractivity contribution in [3.8, 4) is 0 Å². The zero-order valence-corrected chi connectivity index (χ0v) is 11.3. The van der Waals surface area contributed by atoms with Gasteiger partial charge in [0.15, 0.2) is 18.8 Å². The normalized spacial score (nSPS) is 19.9. The number of rotatable bonds is 6. The molecule has 7 heteroatoms. The summed E-state index contributed by atoms with van der Waals surface area (Å²) < 4.78 is 19.2. The van der Waals surface area contributed by atoms with E-state index in [2.05, 4.69) is 16.1 Å². The van der Waals surface area contributed by atoms with E-state index in [0.717, 1.165) is 0 Å². The van der Waals surface area contributed by atoms with Crippen LogP contribution in [-0.4, -0.2) is 43.3 Å². The predicted octanol–water partition coefficient (Wildman–Crippen LogP) is 0.495. The van der Waals surface area contributed by atoms with Gasteiger partial charge in [0.25, 0.3) is 0 Å². The molecule has 0 aromatic carbocycles. The van der Waals surface area contributed by atoms with Crippen LogP contribution in [0.4, 0.5) is 0 Å². The lowest BCUT2D eigenvalue weighted by Crippen LogP contribution is -2.33. The molecule has 1 aliphatic rings. The van der Waals surface area contributed by atoms with E-state index in [-0.39, 0.29) is 12.2 Å². The summed E-state index contributed by atoms with van der Waals surface area (Å²) in [6.45, 7) is 5.52. The van der Waals surface area contributed by atoms with E-state index < -0.39 is 36.7 Å². The molecule has 0 spiro atoms. The Morgan fingerprint density at radius 3 is 2.45 bits per heavy atom. The maximum absolute atomic E-state index is 11.4. The molecule has 1 rings (SSSR count). The van der Waals surface area contributed by atoms with Crippen molar-refractivity contribution >= 4 is 17.9 Å². The maximum Gasteiger partial charge on any atom is 0.345 e. The van der Waals surface area contributed by atoms with Crippen molar-refractivity contribution in [2.75, 3.05) is 19.8 Å². The summed E-state index contributed by atoms with van der Waals surface area (Å²) in [7, 11) is 0. The molecule has 0 aliphatic carbocycles. The number of hydrogen-bond donors (Lipinski definition) is 0.